The van der Waals surface area contributed by atoms with Crippen molar-refractivity contribution in [2.75, 3.05) is 26.0 Å². The molecule has 8 heteroatoms. The van der Waals surface area contributed by atoms with Crippen LogP contribution >= 0.6 is 11.6 Å². The molecule has 0 aromatic carbocycles. The van der Waals surface area contributed by atoms with Gasteiger partial charge in [-0.05, 0) is 75.8 Å². The fourth-order valence-electron chi connectivity index (χ4n) is 3.82. The van der Waals surface area contributed by atoms with Gasteiger partial charge in [-0.15, -0.1) is 0 Å². The molecule has 2 aromatic rings. The standard InChI is InChI=1S/C23H28ClN6O/c1-15-20(8-7-19(26-15)5-4-10-29(2)3)27-23-25-13-17-14-30(31)22-9-6-18(24)11-16(22)12-21(17)28-23/h7-8,11-13,31H,4-6,9-10,14H2,1-3H3,(H,25,27,28)/q+1. The Morgan fingerprint density at radius 2 is 2.03 bits per heavy atom. The number of hydrogen-bond donors (Lipinski definition) is 2. The van der Waals surface area contributed by atoms with E-state index in [4.69, 9.17) is 21.6 Å². The lowest BCUT2D eigenvalue weighted by atomic mass is 9.98. The highest BCUT2D eigenvalue weighted by Gasteiger charge is 2.28. The molecule has 2 aromatic heterocycles. The van der Waals surface area contributed by atoms with Crippen molar-refractivity contribution in [3.8, 4) is 0 Å². The molecule has 3 heterocycles. The van der Waals surface area contributed by atoms with Gasteiger partial charge in [0.15, 0.2) is 0 Å². The zero-order valence-corrected chi connectivity index (χ0v) is 18.9. The molecule has 1 aliphatic carbocycles. The smallest absolute Gasteiger partial charge is 0.235 e. The number of aryl methyl sites for hydroxylation is 2. The van der Waals surface area contributed by atoms with E-state index >= 15 is 0 Å². The third kappa shape index (κ3) is 5.11. The molecule has 0 amide bonds. The van der Waals surface area contributed by atoms with Gasteiger partial charge in [0.1, 0.15) is 0 Å². The fraction of sp³-hybridized carbons (Fsp3) is 0.391. The SMILES string of the molecule is Cc1nc(CCCN(C)C)ccc1Nc1ncc2c(n1)C=C1C=C(Cl)CCC1=[N+](O)C2. The molecule has 2 N–H and O–H groups in total. The number of fused-ring (bicyclic) bond motifs is 2. The summed E-state index contributed by atoms with van der Waals surface area (Å²) in [6, 6.07) is 4.09. The molecule has 31 heavy (non-hydrogen) atoms. The Balaban J connectivity index is 1.54. The molecule has 0 atom stereocenters. The van der Waals surface area contributed by atoms with Crippen molar-refractivity contribution >= 4 is 35.0 Å². The topological polar surface area (TPSA) is 77.2 Å². The number of nitrogens with zero attached hydrogens (tertiary/aromatic N) is 5. The number of anilines is 2. The molecule has 2 aliphatic rings. The maximum absolute atomic E-state index is 10.5. The van der Waals surface area contributed by atoms with Crippen LogP contribution in [0, 0.1) is 6.92 Å². The quantitative estimate of drug-likeness (QED) is 0.521. The summed E-state index contributed by atoms with van der Waals surface area (Å²) in [7, 11) is 4.16. The summed E-state index contributed by atoms with van der Waals surface area (Å²) in [5.41, 5.74) is 6.27. The lowest BCUT2D eigenvalue weighted by molar-refractivity contribution is -0.787. The number of halogens is 1. The molecule has 7 nitrogen and oxygen atoms in total. The Bertz CT molecular complexity index is 1090. The number of pyridine rings is 1. The van der Waals surface area contributed by atoms with Crippen molar-refractivity contribution in [1.29, 1.82) is 0 Å². The summed E-state index contributed by atoms with van der Waals surface area (Å²) >= 11 is 6.23. The number of nitrogens with one attached hydrogen (secondary N) is 1. The van der Waals surface area contributed by atoms with E-state index in [1.54, 1.807) is 6.20 Å². The maximum atomic E-state index is 10.5. The minimum atomic E-state index is 0.346. The van der Waals surface area contributed by atoms with Crippen LogP contribution in [0.3, 0.4) is 0 Å². The van der Waals surface area contributed by atoms with Crippen LogP contribution in [0.4, 0.5) is 11.6 Å². The van der Waals surface area contributed by atoms with E-state index in [2.05, 4.69) is 35.4 Å². The number of hydroxylamine groups is 1. The molecule has 0 saturated heterocycles. The highest BCUT2D eigenvalue weighted by molar-refractivity contribution is 6.31. The summed E-state index contributed by atoms with van der Waals surface area (Å²) < 4.78 is 1.27. The Morgan fingerprint density at radius 1 is 1.19 bits per heavy atom. The minimum absolute atomic E-state index is 0.346. The number of rotatable bonds is 6. The van der Waals surface area contributed by atoms with E-state index in [0.29, 0.717) is 18.9 Å². The van der Waals surface area contributed by atoms with Gasteiger partial charge in [0.05, 0.1) is 22.6 Å². The summed E-state index contributed by atoms with van der Waals surface area (Å²) in [5, 5.41) is 14.6. The van der Waals surface area contributed by atoms with Crippen molar-refractivity contribution in [3.63, 3.8) is 0 Å². The Labute approximate surface area is 187 Å². The van der Waals surface area contributed by atoms with Crippen LogP contribution in [0.15, 0.2) is 35.0 Å². The van der Waals surface area contributed by atoms with Crippen LogP contribution in [0.25, 0.3) is 6.08 Å². The van der Waals surface area contributed by atoms with Gasteiger partial charge in [0.2, 0.25) is 18.2 Å². The van der Waals surface area contributed by atoms with Crippen molar-refractivity contribution in [3.05, 3.63) is 57.7 Å². The molecular weight excluding hydrogens is 412 g/mol. The van der Waals surface area contributed by atoms with Crippen molar-refractivity contribution in [1.82, 2.24) is 19.9 Å². The van der Waals surface area contributed by atoms with E-state index in [-0.39, 0.29) is 0 Å². The highest BCUT2D eigenvalue weighted by Crippen LogP contribution is 2.28. The van der Waals surface area contributed by atoms with Crippen LogP contribution in [0.5, 0.6) is 0 Å². The van der Waals surface area contributed by atoms with E-state index < -0.39 is 0 Å². The largest absolute Gasteiger partial charge is 0.323 e. The second kappa shape index (κ2) is 9.16. The molecule has 0 bridgehead atoms. The Hall–Kier alpha value is -2.77. The van der Waals surface area contributed by atoms with Gasteiger partial charge >= 0.3 is 0 Å². The van der Waals surface area contributed by atoms with E-state index in [1.807, 2.05) is 25.1 Å². The van der Waals surface area contributed by atoms with Gasteiger partial charge in [0.25, 0.3) is 0 Å². The Kier molecular flexibility index (Phi) is 6.34. The minimum Gasteiger partial charge on any atom is -0.323 e. The first-order chi connectivity index (χ1) is 14.9. The van der Waals surface area contributed by atoms with Gasteiger partial charge in [-0.1, -0.05) is 11.6 Å². The number of allylic oxidation sites excluding steroid dienone is 3. The zero-order chi connectivity index (χ0) is 22.0. The van der Waals surface area contributed by atoms with Crippen LogP contribution in [-0.2, 0) is 13.0 Å². The molecule has 0 radical (unpaired) electrons. The first-order valence-corrected chi connectivity index (χ1v) is 10.9. The van der Waals surface area contributed by atoms with Crippen molar-refractivity contribution in [2.24, 2.45) is 0 Å². The van der Waals surface area contributed by atoms with Gasteiger partial charge in [0, 0.05) is 28.9 Å². The van der Waals surface area contributed by atoms with Crippen LogP contribution in [-0.4, -0.2) is 56.1 Å². The third-order valence-electron chi connectivity index (χ3n) is 5.50. The summed E-state index contributed by atoms with van der Waals surface area (Å²) in [4.78, 5) is 16.1. The van der Waals surface area contributed by atoms with E-state index in [1.165, 1.54) is 4.74 Å². The zero-order valence-electron chi connectivity index (χ0n) is 18.2. The van der Waals surface area contributed by atoms with Crippen molar-refractivity contribution < 1.29 is 9.95 Å². The summed E-state index contributed by atoms with van der Waals surface area (Å²) in [5.74, 6) is 0.500. The predicted octanol–water partition coefficient (Wildman–Crippen LogP) is 4.07. The van der Waals surface area contributed by atoms with E-state index in [0.717, 1.165) is 70.5 Å². The first-order valence-electron chi connectivity index (χ1n) is 10.5. The molecule has 0 spiro atoms. The lowest BCUT2D eigenvalue weighted by Gasteiger charge is -2.12. The molecule has 4 rings (SSSR count). The Morgan fingerprint density at radius 3 is 2.81 bits per heavy atom. The second-order valence-corrected chi connectivity index (χ2v) is 8.75. The average Bonchev–Trinajstić information content (AvgIpc) is 2.84. The molecule has 0 unspecified atom stereocenters. The lowest BCUT2D eigenvalue weighted by Crippen LogP contribution is -2.20. The number of hydrogen-bond acceptors (Lipinski definition) is 6. The maximum Gasteiger partial charge on any atom is 0.235 e. The van der Waals surface area contributed by atoms with Gasteiger partial charge < -0.3 is 10.2 Å². The van der Waals surface area contributed by atoms with Crippen LogP contribution < -0.4 is 5.32 Å². The van der Waals surface area contributed by atoms with Gasteiger partial charge in [-0.3, -0.25) is 10.2 Å². The van der Waals surface area contributed by atoms with Crippen molar-refractivity contribution in [2.45, 2.75) is 39.2 Å². The average molecular weight is 440 g/mol. The van der Waals surface area contributed by atoms with Crippen LogP contribution in [0.1, 0.15) is 41.9 Å². The predicted molar refractivity (Wildman–Crippen MR) is 123 cm³/mol. The molecule has 0 saturated carbocycles. The number of aromatic nitrogens is 3. The molecular formula is C23H28ClN6O+. The fourth-order valence-corrected chi connectivity index (χ4v) is 4.03. The third-order valence-corrected chi connectivity index (χ3v) is 5.79. The van der Waals surface area contributed by atoms with E-state index in [9.17, 15) is 5.21 Å². The first kappa shape index (κ1) is 21.5. The molecule has 0 fully saturated rings. The monoisotopic (exact) mass is 439 g/mol. The van der Waals surface area contributed by atoms with Gasteiger partial charge in [-0.25, -0.2) is 9.97 Å². The normalized spacial score (nSPS) is 15.8. The van der Waals surface area contributed by atoms with Gasteiger partial charge in [-0.2, -0.15) is 0 Å². The summed E-state index contributed by atoms with van der Waals surface area (Å²) in [6.45, 7) is 3.38. The van der Waals surface area contributed by atoms with Crippen LogP contribution in [0.2, 0.25) is 0 Å². The second-order valence-electron chi connectivity index (χ2n) is 8.27. The molecule has 162 valence electrons. The summed E-state index contributed by atoms with van der Waals surface area (Å²) in [6.07, 6.45) is 9.09. The molecule has 1 aliphatic heterocycles. The highest BCUT2D eigenvalue weighted by atomic mass is 35.5.